The molecule has 1 aromatic carbocycles. The summed E-state index contributed by atoms with van der Waals surface area (Å²) in [6.07, 6.45) is 2.56. The predicted molar refractivity (Wildman–Crippen MR) is 78.1 cm³/mol. The lowest BCUT2D eigenvalue weighted by atomic mass is 9.99. The first-order valence-electron chi connectivity index (χ1n) is 6.00. The molecule has 2 N–H and O–H groups in total. The molecule has 1 atom stereocenters. The average Bonchev–Trinajstić information content (AvgIpc) is 2.38. The number of nitro groups is 1. The molecule has 0 spiro atoms. The molecule has 100 valence electrons. The summed E-state index contributed by atoms with van der Waals surface area (Å²) in [5, 5.41) is 11.9. The van der Waals surface area contributed by atoms with Gasteiger partial charge in [0.15, 0.2) is 0 Å². The van der Waals surface area contributed by atoms with Crippen LogP contribution < -0.4 is 5.73 Å². The molecule has 0 saturated heterocycles. The van der Waals surface area contributed by atoms with Gasteiger partial charge in [-0.25, -0.2) is 4.98 Å². The summed E-state index contributed by atoms with van der Waals surface area (Å²) in [4.78, 5) is 14.9. The van der Waals surface area contributed by atoms with Crippen molar-refractivity contribution in [2.45, 2.75) is 25.8 Å². The molecule has 0 bridgehead atoms. The number of benzene rings is 1. The highest BCUT2D eigenvalue weighted by atomic mass is 79.9. The first-order chi connectivity index (χ1) is 9.02. The summed E-state index contributed by atoms with van der Waals surface area (Å²) in [6, 6.07) is 5.46. The molecule has 0 amide bonds. The van der Waals surface area contributed by atoms with Gasteiger partial charge in [-0.2, -0.15) is 0 Å². The van der Waals surface area contributed by atoms with Crippen molar-refractivity contribution < 1.29 is 4.92 Å². The first kappa shape index (κ1) is 13.9. The SMILES string of the molecule is CCC(N)Cc1c([N+](=O)[O-])cnc2ccc(Br)cc12. The lowest BCUT2D eigenvalue weighted by Gasteiger charge is -2.11. The van der Waals surface area contributed by atoms with Crippen LogP contribution in [0.25, 0.3) is 10.9 Å². The van der Waals surface area contributed by atoms with E-state index in [1.165, 1.54) is 6.20 Å². The third-order valence-electron chi connectivity index (χ3n) is 3.11. The van der Waals surface area contributed by atoms with Crippen molar-refractivity contribution in [2.75, 3.05) is 0 Å². The quantitative estimate of drug-likeness (QED) is 0.692. The van der Waals surface area contributed by atoms with E-state index >= 15 is 0 Å². The number of pyridine rings is 1. The Bertz CT molecular complexity index is 631. The fraction of sp³-hybridized carbons (Fsp3) is 0.308. The summed E-state index contributed by atoms with van der Waals surface area (Å²) in [7, 11) is 0. The minimum absolute atomic E-state index is 0.0366. The molecule has 6 heteroatoms. The molecule has 0 radical (unpaired) electrons. The Hall–Kier alpha value is -1.53. The molecule has 0 aliphatic rings. The molecule has 0 aliphatic carbocycles. The zero-order valence-electron chi connectivity index (χ0n) is 10.5. The molecule has 2 rings (SSSR count). The van der Waals surface area contributed by atoms with Gasteiger partial charge in [-0.1, -0.05) is 22.9 Å². The Balaban J connectivity index is 2.67. The van der Waals surface area contributed by atoms with Gasteiger partial charge in [0.25, 0.3) is 5.69 Å². The fourth-order valence-electron chi connectivity index (χ4n) is 1.99. The second-order valence-electron chi connectivity index (χ2n) is 4.41. The van der Waals surface area contributed by atoms with Gasteiger partial charge in [-0.3, -0.25) is 10.1 Å². The minimum Gasteiger partial charge on any atom is -0.327 e. The van der Waals surface area contributed by atoms with E-state index in [-0.39, 0.29) is 11.7 Å². The van der Waals surface area contributed by atoms with Crippen LogP contribution >= 0.6 is 15.9 Å². The van der Waals surface area contributed by atoms with Crippen molar-refractivity contribution in [1.82, 2.24) is 4.98 Å². The predicted octanol–water partition coefficient (Wildman–Crippen LogP) is 3.19. The molecule has 0 fully saturated rings. The molecule has 2 aromatic rings. The van der Waals surface area contributed by atoms with Gasteiger partial charge < -0.3 is 5.73 Å². The topological polar surface area (TPSA) is 82.0 Å². The van der Waals surface area contributed by atoms with Gasteiger partial charge in [0.1, 0.15) is 6.20 Å². The van der Waals surface area contributed by atoms with E-state index in [1.54, 1.807) is 0 Å². The van der Waals surface area contributed by atoms with E-state index < -0.39 is 4.92 Å². The second kappa shape index (κ2) is 5.63. The number of hydrogen-bond acceptors (Lipinski definition) is 4. The van der Waals surface area contributed by atoms with Gasteiger partial charge in [0.2, 0.25) is 0 Å². The number of nitrogens with zero attached hydrogens (tertiary/aromatic N) is 2. The van der Waals surface area contributed by atoms with Crippen LogP contribution in [-0.2, 0) is 6.42 Å². The zero-order valence-corrected chi connectivity index (χ0v) is 12.1. The van der Waals surface area contributed by atoms with Crippen LogP contribution in [0.15, 0.2) is 28.9 Å². The number of fused-ring (bicyclic) bond motifs is 1. The summed E-state index contributed by atoms with van der Waals surface area (Å²) in [5.41, 5.74) is 7.39. The third-order valence-corrected chi connectivity index (χ3v) is 3.60. The third kappa shape index (κ3) is 2.90. The monoisotopic (exact) mass is 323 g/mol. The van der Waals surface area contributed by atoms with Crippen LogP contribution in [0.3, 0.4) is 0 Å². The van der Waals surface area contributed by atoms with Crippen molar-refractivity contribution in [2.24, 2.45) is 5.73 Å². The van der Waals surface area contributed by atoms with E-state index in [2.05, 4.69) is 20.9 Å². The van der Waals surface area contributed by atoms with E-state index in [9.17, 15) is 10.1 Å². The number of halogens is 1. The van der Waals surface area contributed by atoms with Gasteiger partial charge in [0, 0.05) is 21.5 Å². The van der Waals surface area contributed by atoms with Crippen molar-refractivity contribution in [1.29, 1.82) is 0 Å². The number of rotatable bonds is 4. The van der Waals surface area contributed by atoms with Crippen molar-refractivity contribution in [3.8, 4) is 0 Å². The molecular weight excluding hydrogens is 310 g/mol. The molecule has 0 aliphatic heterocycles. The standard InChI is InChI=1S/C13H14BrN3O2/c1-2-9(15)6-11-10-5-8(14)3-4-12(10)16-7-13(11)17(18)19/h3-5,7,9H,2,6,15H2,1H3. The van der Waals surface area contributed by atoms with Crippen LogP contribution in [0.5, 0.6) is 0 Å². The molecule has 1 heterocycles. The molecule has 19 heavy (non-hydrogen) atoms. The lowest BCUT2D eigenvalue weighted by molar-refractivity contribution is -0.385. The van der Waals surface area contributed by atoms with Crippen LogP contribution in [0, 0.1) is 10.1 Å². The van der Waals surface area contributed by atoms with Crippen LogP contribution in [0.2, 0.25) is 0 Å². The molecule has 0 saturated carbocycles. The number of aromatic nitrogens is 1. The smallest absolute Gasteiger partial charge is 0.291 e. The molecule has 5 nitrogen and oxygen atoms in total. The fourth-order valence-corrected chi connectivity index (χ4v) is 2.35. The van der Waals surface area contributed by atoms with Crippen molar-refractivity contribution >= 4 is 32.5 Å². The maximum Gasteiger partial charge on any atom is 0.291 e. The first-order valence-corrected chi connectivity index (χ1v) is 6.79. The Labute approximate surface area is 119 Å². The maximum absolute atomic E-state index is 11.1. The molecular formula is C13H14BrN3O2. The minimum atomic E-state index is -0.398. The number of nitrogens with two attached hydrogens (primary N) is 1. The second-order valence-corrected chi connectivity index (χ2v) is 5.33. The van der Waals surface area contributed by atoms with Crippen LogP contribution in [-0.4, -0.2) is 15.9 Å². The van der Waals surface area contributed by atoms with E-state index in [4.69, 9.17) is 5.73 Å². The zero-order chi connectivity index (χ0) is 14.0. The molecule has 1 aromatic heterocycles. The number of hydrogen-bond donors (Lipinski definition) is 1. The van der Waals surface area contributed by atoms with Gasteiger partial charge in [0.05, 0.1) is 10.4 Å². The Morgan fingerprint density at radius 1 is 1.53 bits per heavy atom. The Morgan fingerprint density at radius 3 is 2.89 bits per heavy atom. The average molecular weight is 324 g/mol. The maximum atomic E-state index is 11.1. The lowest BCUT2D eigenvalue weighted by Crippen LogP contribution is -2.22. The van der Waals surface area contributed by atoms with Crippen molar-refractivity contribution in [3.05, 3.63) is 44.5 Å². The van der Waals surface area contributed by atoms with E-state index in [0.717, 1.165) is 21.8 Å². The van der Waals surface area contributed by atoms with Gasteiger partial charge in [-0.05, 0) is 31.0 Å². The molecule has 1 unspecified atom stereocenters. The van der Waals surface area contributed by atoms with Gasteiger partial charge >= 0.3 is 0 Å². The summed E-state index contributed by atoms with van der Waals surface area (Å²) >= 11 is 3.38. The summed E-state index contributed by atoms with van der Waals surface area (Å²) in [5.74, 6) is 0. The highest BCUT2D eigenvalue weighted by Crippen LogP contribution is 2.29. The van der Waals surface area contributed by atoms with Crippen LogP contribution in [0.1, 0.15) is 18.9 Å². The van der Waals surface area contributed by atoms with E-state index in [0.29, 0.717) is 12.0 Å². The summed E-state index contributed by atoms with van der Waals surface area (Å²) < 4.78 is 0.869. The Morgan fingerprint density at radius 2 is 2.26 bits per heavy atom. The highest BCUT2D eigenvalue weighted by molar-refractivity contribution is 9.10. The van der Waals surface area contributed by atoms with Gasteiger partial charge in [-0.15, -0.1) is 0 Å². The van der Waals surface area contributed by atoms with E-state index in [1.807, 2.05) is 25.1 Å². The largest absolute Gasteiger partial charge is 0.327 e. The highest BCUT2D eigenvalue weighted by Gasteiger charge is 2.19. The summed E-state index contributed by atoms with van der Waals surface area (Å²) in [6.45, 7) is 1.97. The van der Waals surface area contributed by atoms with Crippen LogP contribution in [0.4, 0.5) is 5.69 Å². The normalized spacial score (nSPS) is 12.6. The Kier molecular flexibility index (Phi) is 4.11. The van der Waals surface area contributed by atoms with Crippen molar-refractivity contribution in [3.63, 3.8) is 0 Å².